The van der Waals surface area contributed by atoms with Gasteiger partial charge in [-0.25, -0.2) is 9.97 Å². The van der Waals surface area contributed by atoms with Gasteiger partial charge in [-0.2, -0.15) is 18.4 Å². The Bertz CT molecular complexity index is 927. The van der Waals surface area contributed by atoms with Crippen molar-refractivity contribution in [2.45, 2.75) is 31.2 Å². The number of nitrogens with one attached hydrogen (secondary N) is 2. The number of hydrogen-bond acceptors (Lipinski definition) is 9. The van der Waals surface area contributed by atoms with E-state index in [2.05, 4.69) is 35.7 Å². The predicted octanol–water partition coefficient (Wildman–Crippen LogP) is 2.18. The van der Waals surface area contributed by atoms with Gasteiger partial charge in [-0.1, -0.05) is 0 Å². The van der Waals surface area contributed by atoms with E-state index >= 15 is 0 Å². The molecule has 9 nitrogen and oxygen atoms in total. The second-order valence-corrected chi connectivity index (χ2v) is 7.11. The molecular weight excluding hydrogens is 401 g/mol. The number of halogens is 3. The molecule has 2 N–H and O–H groups in total. The summed E-state index contributed by atoms with van der Waals surface area (Å²) in [4.78, 5) is 10.1. The van der Waals surface area contributed by atoms with Crippen LogP contribution in [-0.2, 0) is 10.9 Å². The molecule has 1 saturated carbocycles. The fourth-order valence-corrected chi connectivity index (χ4v) is 3.24. The third-order valence-corrected chi connectivity index (χ3v) is 4.84. The Balaban J connectivity index is 1.47. The van der Waals surface area contributed by atoms with Crippen LogP contribution < -0.4 is 10.6 Å². The lowest BCUT2D eigenvalue weighted by atomic mass is 10.2. The second-order valence-electron chi connectivity index (χ2n) is 7.11. The van der Waals surface area contributed by atoms with Gasteiger partial charge in [0, 0.05) is 31.7 Å². The number of rotatable bonds is 6. The van der Waals surface area contributed by atoms with Crippen molar-refractivity contribution in [1.29, 1.82) is 5.26 Å². The highest BCUT2D eigenvalue weighted by molar-refractivity contribution is 5.60. The molecule has 1 atom stereocenters. The molecule has 2 aromatic rings. The van der Waals surface area contributed by atoms with Crippen molar-refractivity contribution >= 4 is 17.3 Å². The lowest BCUT2D eigenvalue weighted by molar-refractivity contribution is -0.141. The molecule has 2 fully saturated rings. The summed E-state index contributed by atoms with van der Waals surface area (Å²) in [5, 5.41) is 21.2. The van der Waals surface area contributed by atoms with Crippen molar-refractivity contribution in [3.05, 3.63) is 29.8 Å². The third-order valence-electron chi connectivity index (χ3n) is 4.84. The Morgan fingerprint density at radius 1 is 1.20 bits per heavy atom. The van der Waals surface area contributed by atoms with Crippen LogP contribution in [0.1, 0.15) is 24.2 Å². The highest BCUT2D eigenvalue weighted by Gasteiger charge is 2.37. The molecule has 12 heteroatoms. The summed E-state index contributed by atoms with van der Waals surface area (Å²) in [6.45, 7) is 2.32. The fraction of sp³-hybridized carbons (Fsp3) is 0.500. The Hall–Kier alpha value is -3.04. The molecule has 2 aliphatic rings. The first-order chi connectivity index (χ1) is 14.4. The maximum atomic E-state index is 13.4. The number of anilines is 3. The largest absolute Gasteiger partial charge is 0.437 e. The van der Waals surface area contributed by atoms with Gasteiger partial charge in [0.05, 0.1) is 30.8 Å². The molecule has 0 spiro atoms. The van der Waals surface area contributed by atoms with Gasteiger partial charge >= 0.3 is 6.18 Å². The second kappa shape index (κ2) is 8.37. The molecule has 30 heavy (non-hydrogen) atoms. The Kier molecular flexibility index (Phi) is 5.65. The summed E-state index contributed by atoms with van der Waals surface area (Å²) in [5.41, 5.74) is -1.18. The first kappa shape index (κ1) is 20.2. The minimum absolute atomic E-state index is 0.0636. The maximum absolute atomic E-state index is 13.4. The van der Waals surface area contributed by atoms with E-state index in [9.17, 15) is 13.2 Å². The van der Waals surface area contributed by atoms with Crippen LogP contribution in [0.3, 0.4) is 0 Å². The minimum Gasteiger partial charge on any atom is -0.380 e. The Labute approximate surface area is 170 Å². The van der Waals surface area contributed by atoms with Crippen LogP contribution in [-0.4, -0.2) is 63.5 Å². The molecule has 4 rings (SSSR count). The van der Waals surface area contributed by atoms with Crippen LogP contribution in [0.15, 0.2) is 18.5 Å². The maximum Gasteiger partial charge on any atom is 0.437 e. The van der Waals surface area contributed by atoms with Crippen molar-refractivity contribution in [3.8, 4) is 6.07 Å². The lowest BCUT2D eigenvalue weighted by Crippen LogP contribution is -2.46. The zero-order valence-corrected chi connectivity index (χ0v) is 15.9. The minimum atomic E-state index is -4.66. The molecule has 0 bridgehead atoms. The van der Waals surface area contributed by atoms with Crippen LogP contribution in [0.2, 0.25) is 0 Å². The van der Waals surface area contributed by atoms with Crippen LogP contribution in [0, 0.1) is 11.3 Å². The number of hydrogen-bond donors (Lipinski definition) is 2. The van der Waals surface area contributed by atoms with Gasteiger partial charge in [-0.3, -0.25) is 4.90 Å². The molecule has 0 radical (unpaired) electrons. The van der Waals surface area contributed by atoms with E-state index in [1.807, 2.05) is 6.07 Å². The summed E-state index contributed by atoms with van der Waals surface area (Å²) in [7, 11) is 0. The molecule has 0 aromatic carbocycles. The molecular formula is C18H19F3N8O. The zero-order chi connectivity index (χ0) is 21.1. The van der Waals surface area contributed by atoms with Gasteiger partial charge in [-0.15, -0.1) is 10.2 Å². The normalized spacial score (nSPS) is 19.9. The molecule has 3 heterocycles. The highest BCUT2D eigenvalue weighted by Crippen LogP contribution is 2.34. The van der Waals surface area contributed by atoms with E-state index in [-0.39, 0.29) is 35.7 Å². The average Bonchev–Trinajstić information content (AvgIpc) is 3.58. The summed E-state index contributed by atoms with van der Waals surface area (Å²) in [6.07, 6.45) is -0.0113. The number of nitrogens with zero attached hydrogens (tertiary/aromatic N) is 6. The van der Waals surface area contributed by atoms with Crippen LogP contribution >= 0.6 is 0 Å². The Morgan fingerprint density at radius 2 is 2.03 bits per heavy atom. The monoisotopic (exact) mass is 420 g/mol. The number of morpholine rings is 1. The molecule has 158 valence electrons. The summed E-state index contributed by atoms with van der Waals surface area (Å²) < 4.78 is 45.8. The van der Waals surface area contributed by atoms with Crippen molar-refractivity contribution in [2.75, 3.05) is 36.9 Å². The first-order valence-corrected chi connectivity index (χ1v) is 9.46. The van der Waals surface area contributed by atoms with E-state index in [4.69, 9.17) is 10.00 Å². The van der Waals surface area contributed by atoms with E-state index in [0.717, 1.165) is 6.54 Å². The number of nitriles is 1. The van der Waals surface area contributed by atoms with Crippen LogP contribution in [0.4, 0.5) is 30.5 Å². The standard InChI is InChI=1S/C18H19F3N8O/c19-18(20,21)17-14(24-8-13-10-29(3-4-30-13)12-1-2-12)5-15(27-28-17)26-16-9-23-11(6-22)7-25-16/h5,7,9,12-13H,1-4,8,10H2,(H2,24,25,26,27). The smallest absolute Gasteiger partial charge is 0.380 e. The van der Waals surface area contributed by atoms with Crippen molar-refractivity contribution in [3.63, 3.8) is 0 Å². The Morgan fingerprint density at radius 3 is 2.70 bits per heavy atom. The number of alkyl halides is 3. The molecule has 1 aliphatic heterocycles. The van der Waals surface area contributed by atoms with Gasteiger partial charge in [-0.05, 0) is 12.8 Å². The molecule has 1 saturated heterocycles. The van der Waals surface area contributed by atoms with Crippen LogP contribution in [0.25, 0.3) is 0 Å². The fourth-order valence-electron chi connectivity index (χ4n) is 3.24. The van der Waals surface area contributed by atoms with Crippen LogP contribution in [0.5, 0.6) is 0 Å². The van der Waals surface area contributed by atoms with Gasteiger partial charge < -0.3 is 15.4 Å². The van der Waals surface area contributed by atoms with Crippen molar-refractivity contribution < 1.29 is 17.9 Å². The topological polar surface area (TPSA) is 112 Å². The number of ether oxygens (including phenoxy) is 1. The average molecular weight is 420 g/mol. The molecule has 2 aromatic heterocycles. The quantitative estimate of drug-likeness (QED) is 0.726. The summed E-state index contributed by atoms with van der Waals surface area (Å²) in [6, 6.07) is 3.63. The van der Waals surface area contributed by atoms with E-state index in [1.54, 1.807) is 0 Å². The van der Waals surface area contributed by atoms with Gasteiger partial charge in [0.1, 0.15) is 11.9 Å². The van der Waals surface area contributed by atoms with E-state index in [1.165, 1.54) is 31.3 Å². The van der Waals surface area contributed by atoms with Gasteiger partial charge in [0.2, 0.25) is 0 Å². The van der Waals surface area contributed by atoms with E-state index in [0.29, 0.717) is 19.2 Å². The zero-order valence-electron chi connectivity index (χ0n) is 15.9. The molecule has 1 aliphatic carbocycles. The third kappa shape index (κ3) is 4.92. The van der Waals surface area contributed by atoms with E-state index < -0.39 is 11.9 Å². The van der Waals surface area contributed by atoms with Gasteiger partial charge in [0.15, 0.2) is 17.2 Å². The van der Waals surface area contributed by atoms with Crippen molar-refractivity contribution in [2.24, 2.45) is 0 Å². The number of aromatic nitrogens is 4. The first-order valence-electron chi connectivity index (χ1n) is 9.46. The SMILES string of the molecule is N#Cc1cnc(Nc2cc(NCC3CN(C4CC4)CCO3)c(C(F)(F)F)nn2)cn1. The van der Waals surface area contributed by atoms with Crippen molar-refractivity contribution in [1.82, 2.24) is 25.1 Å². The molecule has 0 amide bonds. The highest BCUT2D eigenvalue weighted by atomic mass is 19.4. The molecule has 1 unspecified atom stereocenters. The lowest BCUT2D eigenvalue weighted by Gasteiger charge is -2.33. The van der Waals surface area contributed by atoms with Gasteiger partial charge in [0.25, 0.3) is 0 Å². The predicted molar refractivity (Wildman–Crippen MR) is 99.9 cm³/mol. The summed E-state index contributed by atoms with van der Waals surface area (Å²) in [5.74, 6) is 0.290. The summed E-state index contributed by atoms with van der Waals surface area (Å²) >= 11 is 0.